The largest absolute Gasteiger partial charge is 0.462 e. The molecule has 0 spiro atoms. The minimum absolute atomic E-state index is 0.0776. The van der Waals surface area contributed by atoms with Crippen LogP contribution in [0.1, 0.15) is 380 Å². The van der Waals surface area contributed by atoms with Gasteiger partial charge in [0.05, 0.1) is 0 Å². The molecule has 0 aliphatic heterocycles. The van der Waals surface area contributed by atoms with Gasteiger partial charge in [0.2, 0.25) is 0 Å². The Kier molecular flexibility index (Phi) is 65.6. The van der Waals surface area contributed by atoms with Gasteiger partial charge in [-0.15, -0.1) is 0 Å². The van der Waals surface area contributed by atoms with Crippen LogP contribution < -0.4 is 0 Å². The molecule has 0 amide bonds. The van der Waals surface area contributed by atoms with Crippen molar-refractivity contribution in [2.45, 2.75) is 386 Å². The second-order valence-electron chi connectivity index (χ2n) is 23.8. The van der Waals surface area contributed by atoms with Crippen LogP contribution in [0.4, 0.5) is 0 Å². The van der Waals surface area contributed by atoms with Crippen molar-refractivity contribution in [2.24, 2.45) is 0 Å². The first kappa shape index (κ1) is 76.4. The molecule has 6 heteroatoms. The quantitative estimate of drug-likeness (QED) is 0.0261. The van der Waals surface area contributed by atoms with Crippen molar-refractivity contribution in [3.63, 3.8) is 0 Å². The second-order valence-corrected chi connectivity index (χ2v) is 23.8. The summed E-state index contributed by atoms with van der Waals surface area (Å²) in [5, 5.41) is 0. The maximum absolute atomic E-state index is 12.9. The third kappa shape index (κ3) is 66.1. The van der Waals surface area contributed by atoms with Gasteiger partial charge < -0.3 is 14.2 Å². The van der Waals surface area contributed by atoms with Crippen LogP contribution in [0.15, 0.2) is 48.6 Å². The van der Waals surface area contributed by atoms with Crippen LogP contribution in [0, 0.1) is 0 Å². The Balaban J connectivity index is 4.19. The Morgan fingerprint density at radius 2 is 0.494 bits per heavy atom. The molecule has 0 aliphatic carbocycles. The Morgan fingerprint density at radius 1 is 0.266 bits per heavy atom. The number of carbonyl (C=O) groups excluding carboxylic acids is 3. The van der Waals surface area contributed by atoms with Gasteiger partial charge in [0.25, 0.3) is 0 Å². The van der Waals surface area contributed by atoms with E-state index in [1.165, 1.54) is 257 Å². The number of rotatable bonds is 65. The molecule has 0 N–H and O–H groups in total. The third-order valence-corrected chi connectivity index (χ3v) is 15.8. The Bertz CT molecular complexity index is 1360. The molecule has 0 bridgehead atoms. The van der Waals surface area contributed by atoms with E-state index in [4.69, 9.17) is 14.2 Å². The average Bonchev–Trinajstić information content (AvgIpc) is 3.45. The van der Waals surface area contributed by atoms with E-state index in [9.17, 15) is 14.4 Å². The molecule has 0 aromatic heterocycles. The van der Waals surface area contributed by atoms with Crippen molar-refractivity contribution < 1.29 is 28.6 Å². The summed E-state index contributed by atoms with van der Waals surface area (Å²) in [4.78, 5) is 38.4. The van der Waals surface area contributed by atoms with Crippen molar-refractivity contribution in [3.8, 4) is 0 Å². The van der Waals surface area contributed by atoms with Crippen molar-refractivity contribution in [3.05, 3.63) is 48.6 Å². The van der Waals surface area contributed by atoms with E-state index in [0.717, 1.165) is 83.5 Å². The number of esters is 3. The van der Waals surface area contributed by atoms with Gasteiger partial charge in [0.15, 0.2) is 6.10 Å². The van der Waals surface area contributed by atoms with Gasteiger partial charge in [-0.1, -0.05) is 333 Å². The van der Waals surface area contributed by atoms with E-state index in [2.05, 4.69) is 69.4 Å². The molecule has 0 saturated heterocycles. The minimum atomic E-state index is -0.783. The molecule has 0 rings (SSSR count). The lowest BCUT2D eigenvalue weighted by Gasteiger charge is -2.18. The molecule has 0 aliphatic rings. The molecule has 6 nitrogen and oxygen atoms in total. The molecule has 0 heterocycles. The number of ether oxygens (including phenoxy) is 3. The molecule has 0 radical (unpaired) electrons. The first-order valence-electron chi connectivity index (χ1n) is 35.1. The summed E-state index contributed by atoms with van der Waals surface area (Å²) in [6.07, 6.45) is 85.8. The van der Waals surface area contributed by atoms with Crippen molar-refractivity contribution >= 4 is 17.9 Å². The molecule has 1 unspecified atom stereocenters. The highest BCUT2D eigenvalue weighted by Crippen LogP contribution is 2.18. The maximum atomic E-state index is 12.9. The smallest absolute Gasteiger partial charge is 0.306 e. The molecule has 0 fully saturated rings. The van der Waals surface area contributed by atoms with E-state index >= 15 is 0 Å². The summed E-state index contributed by atoms with van der Waals surface area (Å²) in [6, 6.07) is 0. The van der Waals surface area contributed by atoms with Crippen LogP contribution in [0.25, 0.3) is 0 Å². The fourth-order valence-electron chi connectivity index (χ4n) is 10.6. The van der Waals surface area contributed by atoms with Crippen LogP contribution in [0.3, 0.4) is 0 Å². The molecule has 462 valence electrons. The van der Waals surface area contributed by atoms with E-state index in [1.54, 1.807) is 0 Å². The maximum Gasteiger partial charge on any atom is 0.306 e. The molecule has 79 heavy (non-hydrogen) atoms. The number of hydrogen-bond acceptors (Lipinski definition) is 6. The minimum Gasteiger partial charge on any atom is -0.462 e. The van der Waals surface area contributed by atoms with Crippen molar-refractivity contribution in [2.75, 3.05) is 13.2 Å². The second kappa shape index (κ2) is 67.9. The molecule has 0 aromatic rings. The Morgan fingerprint density at radius 3 is 0.797 bits per heavy atom. The van der Waals surface area contributed by atoms with Crippen LogP contribution in [-0.2, 0) is 28.6 Å². The van der Waals surface area contributed by atoms with E-state index in [1.807, 2.05) is 0 Å². The average molecular weight is 1110 g/mol. The lowest BCUT2D eigenvalue weighted by Crippen LogP contribution is -2.30. The SMILES string of the molecule is CC/C=C\C/C=C\C/C=C\CCCCCC(=O)OCC(COC(=O)CCCCCCCCCCCCCCCCCCC/C=C\CCCCCCCCCC)OC(=O)CCCCCCCCCCCCCCCCCCCCC. The van der Waals surface area contributed by atoms with Crippen LogP contribution in [-0.4, -0.2) is 37.2 Å². The van der Waals surface area contributed by atoms with Crippen LogP contribution >= 0.6 is 0 Å². The van der Waals surface area contributed by atoms with Gasteiger partial charge in [-0.3, -0.25) is 14.4 Å². The zero-order chi connectivity index (χ0) is 57.1. The zero-order valence-corrected chi connectivity index (χ0v) is 53.2. The summed E-state index contributed by atoms with van der Waals surface area (Å²) in [6.45, 7) is 6.57. The van der Waals surface area contributed by atoms with Gasteiger partial charge in [-0.05, 0) is 77.0 Å². The normalized spacial score (nSPS) is 12.3. The van der Waals surface area contributed by atoms with E-state index in [0.29, 0.717) is 19.3 Å². The van der Waals surface area contributed by atoms with Crippen molar-refractivity contribution in [1.82, 2.24) is 0 Å². The Hall–Kier alpha value is -2.63. The summed E-state index contributed by atoms with van der Waals surface area (Å²) in [5.74, 6) is -0.882. The fourth-order valence-corrected chi connectivity index (χ4v) is 10.6. The fraction of sp³-hybridized carbons (Fsp3) is 0.849. The molecule has 0 saturated carbocycles. The monoisotopic (exact) mass is 1110 g/mol. The Labute approximate surface area is 492 Å². The standard InChI is InChI=1S/C73H134O6/c1-4-7-10-13-16-19-22-25-27-29-31-32-33-34-35-36-37-38-39-40-42-43-45-48-51-54-57-60-63-66-72(75)78-69-70(68-77-71(74)65-62-59-56-53-50-47-24-21-18-15-12-9-6-3)79-73(76)67-64-61-58-55-52-49-46-44-41-30-28-26-23-20-17-14-11-8-5-2/h9,12,18,21,29,31,47,50,70H,4-8,10-11,13-17,19-20,22-28,30,32-46,48-49,51-69H2,1-3H3/b12-9-,21-18-,31-29-,50-47-. The summed E-state index contributed by atoms with van der Waals surface area (Å²) < 4.78 is 16.9. The first-order valence-corrected chi connectivity index (χ1v) is 35.1. The molecular weight excluding hydrogens is 973 g/mol. The van der Waals surface area contributed by atoms with Crippen molar-refractivity contribution in [1.29, 1.82) is 0 Å². The number of allylic oxidation sites excluding steroid dienone is 8. The predicted octanol–water partition coefficient (Wildman–Crippen LogP) is 24.1. The lowest BCUT2D eigenvalue weighted by atomic mass is 10.0. The highest BCUT2D eigenvalue weighted by Gasteiger charge is 2.19. The predicted molar refractivity (Wildman–Crippen MR) is 344 cm³/mol. The lowest BCUT2D eigenvalue weighted by molar-refractivity contribution is -0.167. The highest BCUT2D eigenvalue weighted by atomic mass is 16.6. The number of hydrogen-bond donors (Lipinski definition) is 0. The van der Waals surface area contributed by atoms with E-state index < -0.39 is 6.10 Å². The zero-order valence-electron chi connectivity index (χ0n) is 53.2. The topological polar surface area (TPSA) is 78.9 Å². The van der Waals surface area contributed by atoms with E-state index in [-0.39, 0.29) is 31.1 Å². The molecular formula is C73H134O6. The van der Waals surface area contributed by atoms with Gasteiger partial charge in [0.1, 0.15) is 13.2 Å². The number of carbonyl (C=O) groups is 3. The van der Waals surface area contributed by atoms with Gasteiger partial charge in [0, 0.05) is 19.3 Å². The van der Waals surface area contributed by atoms with Gasteiger partial charge in [-0.2, -0.15) is 0 Å². The molecule has 0 aromatic carbocycles. The summed E-state index contributed by atoms with van der Waals surface area (Å²) in [5.41, 5.74) is 0. The molecule has 1 atom stereocenters. The van der Waals surface area contributed by atoms with Crippen LogP contribution in [0.2, 0.25) is 0 Å². The number of unbranched alkanes of at least 4 members (excludes halogenated alkanes) is 46. The van der Waals surface area contributed by atoms with Gasteiger partial charge in [-0.25, -0.2) is 0 Å². The van der Waals surface area contributed by atoms with Crippen LogP contribution in [0.5, 0.6) is 0 Å². The van der Waals surface area contributed by atoms with Gasteiger partial charge >= 0.3 is 17.9 Å². The summed E-state index contributed by atoms with van der Waals surface area (Å²) >= 11 is 0. The third-order valence-electron chi connectivity index (χ3n) is 15.8. The first-order chi connectivity index (χ1) is 39.0. The summed E-state index contributed by atoms with van der Waals surface area (Å²) in [7, 11) is 0. The highest BCUT2D eigenvalue weighted by molar-refractivity contribution is 5.71.